The van der Waals surface area contributed by atoms with Gasteiger partial charge in [-0.3, -0.25) is 0 Å². The number of nitrogens with zero attached hydrogens (tertiary/aromatic N) is 5. The maximum Gasteiger partial charge on any atom is 0.168 e. The molecule has 1 aliphatic heterocycles. The molecule has 0 N–H and O–H groups in total. The van der Waals surface area contributed by atoms with Crippen LogP contribution in [-0.2, 0) is 25.1 Å². The number of aryl methyl sites for hydroxylation is 1. The molecular formula is C22H26FN5O5S. The lowest BCUT2D eigenvalue weighted by atomic mass is 10.2. The zero-order valence-corrected chi connectivity index (χ0v) is 20.1. The Balaban J connectivity index is 1.71. The summed E-state index contributed by atoms with van der Waals surface area (Å²) in [6, 6.07) is 3.69. The van der Waals surface area contributed by atoms with Gasteiger partial charge in [0.05, 0.1) is 23.5 Å². The second-order valence-electron chi connectivity index (χ2n) is 8.16. The highest BCUT2D eigenvalue weighted by atomic mass is 32.2. The molecule has 0 saturated carbocycles. The Morgan fingerprint density at radius 1 is 1.24 bits per heavy atom. The van der Waals surface area contributed by atoms with Crippen LogP contribution in [-0.4, -0.2) is 65.8 Å². The molecule has 0 radical (unpaired) electrons. The van der Waals surface area contributed by atoms with Gasteiger partial charge >= 0.3 is 0 Å². The van der Waals surface area contributed by atoms with E-state index in [1.807, 2.05) is 6.92 Å². The summed E-state index contributed by atoms with van der Waals surface area (Å²) in [4.78, 5) is 8.46. The molecular weight excluding hydrogens is 465 g/mol. The van der Waals surface area contributed by atoms with Crippen molar-refractivity contribution in [1.29, 1.82) is 0 Å². The van der Waals surface area contributed by atoms with Crippen LogP contribution in [0.4, 0.5) is 4.39 Å². The summed E-state index contributed by atoms with van der Waals surface area (Å²) >= 11 is 0. The number of ether oxygens (including phenoxy) is 3. The minimum absolute atomic E-state index is 0.179. The van der Waals surface area contributed by atoms with Crippen molar-refractivity contribution >= 4 is 9.84 Å². The standard InChI is InChI=1S/C22H26FN5O5S/c1-13-8-24-21(25-9-13)20(32-4)14(2)34(29,30)12-19-26-27-22-17-7-15(23)5-6-18(17)33-11-16(10-31-3)28(19)22/h5-9,14,16,20H,10-12H2,1-4H3/t14-,16+,20-/m0/s1. The number of methoxy groups -OCH3 is 2. The average molecular weight is 492 g/mol. The fraction of sp³-hybridized carbons (Fsp3) is 0.455. The Morgan fingerprint density at radius 2 is 1.97 bits per heavy atom. The molecule has 3 aromatic rings. The molecule has 0 bridgehead atoms. The third-order valence-corrected chi connectivity index (χ3v) is 7.78. The van der Waals surface area contributed by atoms with Crippen LogP contribution in [0.3, 0.4) is 0 Å². The molecule has 0 amide bonds. The molecule has 0 fully saturated rings. The van der Waals surface area contributed by atoms with E-state index in [9.17, 15) is 12.8 Å². The normalized spacial score (nSPS) is 17.3. The smallest absolute Gasteiger partial charge is 0.168 e. The Morgan fingerprint density at radius 3 is 2.65 bits per heavy atom. The summed E-state index contributed by atoms with van der Waals surface area (Å²) in [5.41, 5.74) is 1.24. The largest absolute Gasteiger partial charge is 0.491 e. The van der Waals surface area contributed by atoms with Gasteiger partial charge in [0.1, 0.15) is 35.9 Å². The summed E-state index contributed by atoms with van der Waals surface area (Å²) in [5, 5.41) is 7.39. The summed E-state index contributed by atoms with van der Waals surface area (Å²) < 4.78 is 59.2. The van der Waals surface area contributed by atoms with Crippen LogP contribution in [0.2, 0.25) is 0 Å². The maximum atomic E-state index is 14.0. The predicted octanol–water partition coefficient (Wildman–Crippen LogP) is 2.45. The Kier molecular flexibility index (Phi) is 6.91. The van der Waals surface area contributed by atoms with Crippen LogP contribution in [0, 0.1) is 12.7 Å². The van der Waals surface area contributed by atoms with Gasteiger partial charge in [-0.15, -0.1) is 10.2 Å². The number of aromatic nitrogens is 5. The van der Waals surface area contributed by atoms with Crippen molar-refractivity contribution < 1.29 is 27.0 Å². The van der Waals surface area contributed by atoms with Crippen molar-refractivity contribution in [1.82, 2.24) is 24.7 Å². The van der Waals surface area contributed by atoms with Crippen molar-refractivity contribution in [3.8, 4) is 17.1 Å². The zero-order valence-electron chi connectivity index (χ0n) is 19.3. The third kappa shape index (κ3) is 4.65. The molecule has 4 rings (SSSR count). The van der Waals surface area contributed by atoms with Crippen LogP contribution in [0.1, 0.15) is 36.3 Å². The SMILES string of the molecule is COC[C@@H]1COc2ccc(F)cc2-c2nnc(CS(=O)(=O)[C@@H](C)[C@H](OC)c3ncc(C)cn3)n21. The molecule has 0 saturated heterocycles. The number of benzene rings is 1. The molecule has 0 aliphatic carbocycles. The van der Waals surface area contributed by atoms with Gasteiger partial charge in [-0.1, -0.05) is 0 Å². The first kappa shape index (κ1) is 24.2. The highest BCUT2D eigenvalue weighted by Gasteiger charge is 2.36. The number of hydrogen-bond donors (Lipinski definition) is 0. The van der Waals surface area contributed by atoms with Crippen LogP contribution >= 0.6 is 0 Å². The number of sulfone groups is 1. The van der Waals surface area contributed by atoms with E-state index in [2.05, 4.69) is 20.2 Å². The van der Waals surface area contributed by atoms with E-state index in [0.717, 1.165) is 5.56 Å². The summed E-state index contributed by atoms with van der Waals surface area (Å²) in [5.74, 6) is 0.344. The van der Waals surface area contributed by atoms with E-state index in [4.69, 9.17) is 14.2 Å². The Hall–Kier alpha value is -2.96. The minimum Gasteiger partial charge on any atom is -0.491 e. The maximum absolute atomic E-state index is 14.0. The summed E-state index contributed by atoms with van der Waals surface area (Å²) in [7, 11) is -0.856. The number of fused-ring (bicyclic) bond motifs is 3. The summed E-state index contributed by atoms with van der Waals surface area (Å²) in [6.45, 7) is 3.79. The molecule has 1 aliphatic rings. The van der Waals surface area contributed by atoms with Crippen molar-refractivity contribution in [3.63, 3.8) is 0 Å². The van der Waals surface area contributed by atoms with Gasteiger partial charge in [-0.05, 0) is 37.6 Å². The quantitative estimate of drug-likeness (QED) is 0.468. The van der Waals surface area contributed by atoms with E-state index in [-0.39, 0.29) is 24.9 Å². The molecule has 3 atom stereocenters. The van der Waals surface area contributed by atoms with E-state index < -0.39 is 38.8 Å². The van der Waals surface area contributed by atoms with E-state index in [1.165, 1.54) is 32.4 Å². The minimum atomic E-state index is -3.81. The lowest BCUT2D eigenvalue weighted by Gasteiger charge is -2.23. The van der Waals surface area contributed by atoms with E-state index in [0.29, 0.717) is 17.1 Å². The van der Waals surface area contributed by atoms with Crippen molar-refractivity contribution in [2.75, 3.05) is 27.4 Å². The number of rotatable bonds is 8. The second kappa shape index (κ2) is 9.72. The average Bonchev–Trinajstić information content (AvgIpc) is 3.14. The molecule has 2 aromatic heterocycles. The van der Waals surface area contributed by atoms with Gasteiger partial charge in [0.15, 0.2) is 21.5 Å². The van der Waals surface area contributed by atoms with Gasteiger partial charge in [-0.25, -0.2) is 22.8 Å². The first-order chi connectivity index (χ1) is 16.2. The van der Waals surface area contributed by atoms with Crippen LogP contribution in [0.5, 0.6) is 5.75 Å². The number of hydrogen-bond acceptors (Lipinski definition) is 9. The van der Waals surface area contributed by atoms with Gasteiger partial charge in [0, 0.05) is 26.6 Å². The Bertz CT molecular complexity index is 1270. The van der Waals surface area contributed by atoms with Crippen LogP contribution in [0.15, 0.2) is 30.6 Å². The van der Waals surface area contributed by atoms with E-state index >= 15 is 0 Å². The molecule has 3 heterocycles. The molecule has 10 nitrogen and oxygen atoms in total. The zero-order chi connectivity index (χ0) is 24.5. The fourth-order valence-electron chi connectivity index (χ4n) is 3.92. The molecule has 1 aromatic carbocycles. The van der Waals surface area contributed by atoms with Crippen molar-refractivity contribution in [2.45, 2.75) is 37.0 Å². The van der Waals surface area contributed by atoms with Gasteiger partial charge in [0.2, 0.25) is 0 Å². The summed E-state index contributed by atoms with van der Waals surface area (Å²) in [6.07, 6.45) is 2.35. The van der Waals surface area contributed by atoms with Gasteiger partial charge in [-0.2, -0.15) is 0 Å². The molecule has 0 unspecified atom stereocenters. The number of halogens is 1. The fourth-order valence-corrected chi connectivity index (χ4v) is 5.35. The molecule has 12 heteroatoms. The van der Waals surface area contributed by atoms with E-state index in [1.54, 1.807) is 23.9 Å². The third-order valence-electron chi connectivity index (χ3n) is 5.74. The highest BCUT2D eigenvalue weighted by molar-refractivity contribution is 7.91. The van der Waals surface area contributed by atoms with Crippen LogP contribution in [0.25, 0.3) is 11.4 Å². The van der Waals surface area contributed by atoms with Gasteiger partial charge in [0.25, 0.3) is 0 Å². The molecule has 34 heavy (non-hydrogen) atoms. The monoisotopic (exact) mass is 491 g/mol. The molecule has 182 valence electrons. The van der Waals surface area contributed by atoms with Crippen molar-refractivity contribution in [2.24, 2.45) is 0 Å². The second-order valence-corrected chi connectivity index (χ2v) is 10.5. The first-order valence-corrected chi connectivity index (χ1v) is 12.3. The molecule has 0 spiro atoms. The lowest BCUT2D eigenvalue weighted by Crippen LogP contribution is -2.31. The predicted molar refractivity (Wildman–Crippen MR) is 120 cm³/mol. The van der Waals surface area contributed by atoms with Crippen LogP contribution < -0.4 is 4.74 Å². The highest BCUT2D eigenvalue weighted by Crippen LogP contribution is 2.36. The van der Waals surface area contributed by atoms with Gasteiger partial charge < -0.3 is 18.8 Å². The topological polar surface area (TPSA) is 118 Å². The van der Waals surface area contributed by atoms with Crippen molar-refractivity contribution in [3.05, 3.63) is 53.6 Å². The lowest BCUT2D eigenvalue weighted by molar-refractivity contribution is 0.0947. The Labute approximate surface area is 197 Å². The first-order valence-electron chi connectivity index (χ1n) is 10.6.